The van der Waals surface area contributed by atoms with E-state index in [2.05, 4.69) is 21.2 Å². The Morgan fingerprint density at radius 2 is 1.68 bits per heavy atom. The van der Waals surface area contributed by atoms with Crippen LogP contribution in [0, 0.1) is 6.92 Å². The number of nitrogens with one attached hydrogen (secondary N) is 1. The van der Waals surface area contributed by atoms with Crippen LogP contribution >= 0.6 is 15.9 Å². The molecule has 2 amide bonds. The predicted molar refractivity (Wildman–Crippen MR) is 161 cm³/mol. The first-order chi connectivity index (χ1) is 19.1. The zero-order chi connectivity index (χ0) is 29.3. The molecule has 0 saturated heterocycles. The van der Waals surface area contributed by atoms with Crippen LogP contribution in [0.15, 0.2) is 82.2 Å². The van der Waals surface area contributed by atoms with Crippen LogP contribution < -0.4 is 14.4 Å². The van der Waals surface area contributed by atoms with Gasteiger partial charge in [-0.25, -0.2) is 8.42 Å². The zero-order valence-corrected chi connectivity index (χ0v) is 25.7. The predicted octanol–water partition coefficient (Wildman–Crippen LogP) is 5.30. The number of hydrogen-bond donors (Lipinski definition) is 1. The van der Waals surface area contributed by atoms with Crippen molar-refractivity contribution in [3.8, 4) is 5.75 Å². The molecular formula is C30H36BrN3O5S. The number of carbonyl (C=O) groups excluding carboxylic acids is 2. The first kappa shape index (κ1) is 31.2. The van der Waals surface area contributed by atoms with Crippen LogP contribution in [-0.2, 0) is 26.2 Å². The molecule has 1 N–H and O–H groups in total. The summed E-state index contributed by atoms with van der Waals surface area (Å²) < 4.78 is 35.2. The fraction of sp³-hybridized carbons (Fsp3) is 0.333. The minimum Gasteiger partial charge on any atom is -0.494 e. The molecule has 0 saturated carbocycles. The average molecular weight is 631 g/mol. The number of amides is 2. The normalized spacial score (nSPS) is 11.9. The van der Waals surface area contributed by atoms with Gasteiger partial charge in [-0.15, -0.1) is 0 Å². The molecule has 0 aromatic heterocycles. The third-order valence-corrected chi connectivity index (χ3v) is 8.56. The molecule has 10 heteroatoms. The molecule has 0 heterocycles. The molecule has 1 atom stereocenters. The van der Waals surface area contributed by atoms with Gasteiger partial charge in [0.1, 0.15) is 18.3 Å². The molecule has 0 fully saturated rings. The second-order valence-corrected chi connectivity index (χ2v) is 12.1. The van der Waals surface area contributed by atoms with E-state index in [0.29, 0.717) is 24.6 Å². The van der Waals surface area contributed by atoms with Crippen LogP contribution in [0.3, 0.4) is 0 Å². The first-order valence-corrected chi connectivity index (χ1v) is 15.4. The summed E-state index contributed by atoms with van der Waals surface area (Å²) in [5.74, 6) is -0.262. The SMILES string of the molecule is CCCNC(=O)[C@H](C)N(Cc1cccc(Br)c1)C(=O)CN(c1ccc(C)cc1)S(=O)(=O)c1ccc(OCC)cc1. The van der Waals surface area contributed by atoms with E-state index in [-0.39, 0.29) is 17.3 Å². The summed E-state index contributed by atoms with van der Waals surface area (Å²) in [6.07, 6.45) is 0.750. The van der Waals surface area contributed by atoms with Crippen molar-refractivity contribution in [1.82, 2.24) is 10.2 Å². The van der Waals surface area contributed by atoms with Gasteiger partial charge < -0.3 is 15.0 Å². The Kier molecular flexibility index (Phi) is 11.2. The monoisotopic (exact) mass is 629 g/mol. The summed E-state index contributed by atoms with van der Waals surface area (Å²) in [6.45, 7) is 7.91. The van der Waals surface area contributed by atoms with E-state index in [1.54, 1.807) is 43.3 Å². The van der Waals surface area contributed by atoms with Crippen molar-refractivity contribution in [3.05, 3.63) is 88.4 Å². The molecular weight excluding hydrogens is 594 g/mol. The van der Waals surface area contributed by atoms with Crippen LogP contribution in [0.1, 0.15) is 38.3 Å². The lowest BCUT2D eigenvalue weighted by atomic mass is 10.1. The number of carbonyl (C=O) groups is 2. The maximum atomic E-state index is 13.9. The van der Waals surface area contributed by atoms with Crippen LogP contribution in [0.2, 0.25) is 0 Å². The lowest BCUT2D eigenvalue weighted by molar-refractivity contribution is -0.139. The van der Waals surface area contributed by atoms with E-state index in [4.69, 9.17) is 4.74 Å². The fourth-order valence-electron chi connectivity index (χ4n) is 4.05. The molecule has 0 aliphatic heterocycles. The Bertz CT molecular complexity index is 1400. The number of benzene rings is 3. The summed E-state index contributed by atoms with van der Waals surface area (Å²) in [5, 5.41) is 2.84. The number of anilines is 1. The number of aryl methyl sites for hydroxylation is 1. The number of ether oxygens (including phenoxy) is 1. The van der Waals surface area contributed by atoms with E-state index < -0.39 is 28.5 Å². The van der Waals surface area contributed by atoms with Crippen molar-refractivity contribution in [2.24, 2.45) is 0 Å². The molecule has 0 bridgehead atoms. The highest BCUT2D eigenvalue weighted by Gasteiger charge is 2.32. The Morgan fingerprint density at radius 1 is 1.00 bits per heavy atom. The van der Waals surface area contributed by atoms with Gasteiger partial charge >= 0.3 is 0 Å². The Labute approximate surface area is 245 Å². The van der Waals surface area contributed by atoms with Gasteiger partial charge in [0.15, 0.2) is 0 Å². The van der Waals surface area contributed by atoms with Gasteiger partial charge in [-0.1, -0.05) is 52.7 Å². The second kappa shape index (κ2) is 14.3. The van der Waals surface area contributed by atoms with E-state index in [0.717, 1.165) is 26.3 Å². The van der Waals surface area contributed by atoms with E-state index >= 15 is 0 Å². The van der Waals surface area contributed by atoms with Gasteiger partial charge in [0, 0.05) is 17.6 Å². The minimum absolute atomic E-state index is 0.0246. The van der Waals surface area contributed by atoms with Crippen LogP contribution in [0.25, 0.3) is 0 Å². The average Bonchev–Trinajstić information content (AvgIpc) is 2.94. The second-order valence-electron chi connectivity index (χ2n) is 9.37. The van der Waals surface area contributed by atoms with E-state index in [1.165, 1.54) is 17.0 Å². The van der Waals surface area contributed by atoms with E-state index in [1.807, 2.05) is 45.0 Å². The van der Waals surface area contributed by atoms with Crippen LogP contribution in [0.5, 0.6) is 5.75 Å². The van der Waals surface area contributed by atoms with Crippen LogP contribution in [0.4, 0.5) is 5.69 Å². The largest absolute Gasteiger partial charge is 0.494 e. The molecule has 0 radical (unpaired) electrons. The maximum absolute atomic E-state index is 13.9. The Balaban J connectivity index is 2.01. The summed E-state index contributed by atoms with van der Waals surface area (Å²) >= 11 is 3.45. The third-order valence-electron chi connectivity index (χ3n) is 6.28. The lowest BCUT2D eigenvalue weighted by Crippen LogP contribution is -2.51. The van der Waals surface area contributed by atoms with Crippen molar-refractivity contribution in [1.29, 1.82) is 0 Å². The lowest BCUT2D eigenvalue weighted by Gasteiger charge is -2.32. The summed E-state index contributed by atoms with van der Waals surface area (Å²) in [4.78, 5) is 28.3. The summed E-state index contributed by atoms with van der Waals surface area (Å²) in [7, 11) is -4.14. The van der Waals surface area contributed by atoms with Crippen molar-refractivity contribution in [2.75, 3.05) is 24.0 Å². The van der Waals surface area contributed by atoms with Gasteiger partial charge in [-0.3, -0.25) is 13.9 Å². The Morgan fingerprint density at radius 3 is 2.27 bits per heavy atom. The van der Waals surface area contributed by atoms with Gasteiger partial charge in [0.2, 0.25) is 11.8 Å². The van der Waals surface area contributed by atoms with Crippen molar-refractivity contribution in [3.63, 3.8) is 0 Å². The highest BCUT2D eigenvalue weighted by molar-refractivity contribution is 9.10. The summed E-state index contributed by atoms with van der Waals surface area (Å²) in [5.41, 5.74) is 2.10. The molecule has 3 aromatic rings. The number of hydrogen-bond acceptors (Lipinski definition) is 5. The Hall–Kier alpha value is -3.37. The standard InChI is InChI=1S/C30H36BrN3O5S/c1-5-18-32-30(36)23(4)33(20-24-8-7-9-25(31)19-24)29(35)21-34(26-12-10-22(3)11-13-26)40(37,38)28-16-14-27(15-17-28)39-6-2/h7-17,19,23H,5-6,18,20-21H2,1-4H3,(H,32,36)/t23-/m0/s1. The molecule has 0 aliphatic rings. The highest BCUT2D eigenvalue weighted by atomic mass is 79.9. The number of nitrogens with zero attached hydrogens (tertiary/aromatic N) is 2. The molecule has 8 nitrogen and oxygen atoms in total. The van der Waals surface area contributed by atoms with Crippen molar-refractivity contribution < 1.29 is 22.7 Å². The quantitative estimate of drug-likeness (QED) is 0.277. The van der Waals surface area contributed by atoms with Gasteiger partial charge in [-0.2, -0.15) is 0 Å². The number of rotatable bonds is 13. The van der Waals surface area contributed by atoms with E-state index in [9.17, 15) is 18.0 Å². The maximum Gasteiger partial charge on any atom is 0.264 e. The van der Waals surface area contributed by atoms with Gasteiger partial charge in [0.25, 0.3) is 10.0 Å². The molecule has 214 valence electrons. The third kappa shape index (κ3) is 8.08. The van der Waals surface area contributed by atoms with Crippen LogP contribution in [-0.4, -0.2) is 50.9 Å². The molecule has 3 rings (SSSR count). The van der Waals surface area contributed by atoms with Crippen molar-refractivity contribution in [2.45, 2.75) is 51.6 Å². The number of sulfonamides is 1. The topological polar surface area (TPSA) is 96.0 Å². The fourth-order valence-corrected chi connectivity index (χ4v) is 5.91. The van der Waals surface area contributed by atoms with Crippen molar-refractivity contribution >= 4 is 43.5 Å². The molecule has 0 aliphatic carbocycles. The number of halogens is 1. The van der Waals surface area contributed by atoms with Gasteiger partial charge in [0.05, 0.1) is 17.2 Å². The highest BCUT2D eigenvalue weighted by Crippen LogP contribution is 2.26. The smallest absolute Gasteiger partial charge is 0.264 e. The summed E-state index contributed by atoms with van der Waals surface area (Å²) in [6, 6.07) is 19.6. The zero-order valence-electron chi connectivity index (χ0n) is 23.3. The first-order valence-electron chi connectivity index (χ1n) is 13.2. The molecule has 0 spiro atoms. The minimum atomic E-state index is -4.14. The molecule has 3 aromatic carbocycles. The molecule has 40 heavy (non-hydrogen) atoms. The molecule has 0 unspecified atom stereocenters. The van der Waals surface area contributed by atoms with Gasteiger partial charge in [-0.05, 0) is 81.3 Å².